The van der Waals surface area contributed by atoms with Crippen molar-refractivity contribution in [3.63, 3.8) is 0 Å². The van der Waals surface area contributed by atoms with Crippen LogP contribution in [0, 0.1) is 20.8 Å². The van der Waals surface area contributed by atoms with Gasteiger partial charge in [-0.25, -0.2) is 4.98 Å². The first-order valence-corrected chi connectivity index (χ1v) is 10.8. The maximum absolute atomic E-state index is 12.5. The van der Waals surface area contributed by atoms with E-state index >= 15 is 0 Å². The van der Waals surface area contributed by atoms with E-state index in [0.29, 0.717) is 5.56 Å². The van der Waals surface area contributed by atoms with Crippen LogP contribution in [0.2, 0.25) is 0 Å². The van der Waals surface area contributed by atoms with E-state index in [1.54, 1.807) is 17.4 Å². The van der Waals surface area contributed by atoms with Crippen molar-refractivity contribution < 1.29 is 4.79 Å². The molecule has 4 rings (SSSR count). The number of nitrogens with one attached hydrogen (secondary N) is 2. The van der Waals surface area contributed by atoms with Crippen LogP contribution in [-0.2, 0) is 0 Å². The number of amides is 1. The Labute approximate surface area is 185 Å². The molecule has 0 aliphatic heterocycles. The molecule has 6 heteroatoms. The summed E-state index contributed by atoms with van der Waals surface area (Å²) in [6.45, 7) is 6.00. The Bertz CT molecular complexity index is 1240. The van der Waals surface area contributed by atoms with Crippen molar-refractivity contribution in [2.75, 3.05) is 5.32 Å². The van der Waals surface area contributed by atoms with Gasteiger partial charge in [0.05, 0.1) is 10.2 Å². The van der Waals surface area contributed by atoms with E-state index < -0.39 is 0 Å². The van der Waals surface area contributed by atoms with E-state index in [2.05, 4.69) is 22.8 Å². The number of para-hydroxylation sites is 1. The molecular weight excluding hydrogens is 410 g/mol. The molecule has 0 fully saturated rings. The minimum atomic E-state index is -0.226. The fourth-order valence-corrected chi connectivity index (χ4v) is 4.26. The normalized spacial score (nSPS) is 10.8. The number of fused-ring (bicyclic) bond motifs is 1. The second kappa shape index (κ2) is 8.34. The molecule has 0 unspecified atom stereocenters. The van der Waals surface area contributed by atoms with Crippen molar-refractivity contribution in [1.82, 2.24) is 10.3 Å². The van der Waals surface area contributed by atoms with E-state index in [4.69, 9.17) is 17.2 Å². The largest absolute Gasteiger partial charge is 0.332 e. The number of benzene rings is 3. The number of rotatable bonds is 3. The Balaban J connectivity index is 1.52. The van der Waals surface area contributed by atoms with Gasteiger partial charge in [0.1, 0.15) is 5.01 Å². The van der Waals surface area contributed by atoms with Gasteiger partial charge in [-0.2, -0.15) is 0 Å². The van der Waals surface area contributed by atoms with Gasteiger partial charge in [0.2, 0.25) is 0 Å². The third-order valence-corrected chi connectivity index (χ3v) is 6.31. The average molecular weight is 432 g/mol. The number of thiocarbonyl (C=S) groups is 1. The molecule has 30 heavy (non-hydrogen) atoms. The van der Waals surface area contributed by atoms with Gasteiger partial charge in [-0.15, -0.1) is 11.3 Å². The highest BCUT2D eigenvalue weighted by Crippen LogP contribution is 2.32. The van der Waals surface area contributed by atoms with Crippen molar-refractivity contribution in [3.8, 4) is 10.6 Å². The van der Waals surface area contributed by atoms with Crippen LogP contribution in [0.15, 0.2) is 60.7 Å². The van der Waals surface area contributed by atoms with E-state index in [0.717, 1.165) is 43.2 Å². The average Bonchev–Trinajstić information content (AvgIpc) is 3.16. The summed E-state index contributed by atoms with van der Waals surface area (Å²) in [6, 6.07) is 19.8. The summed E-state index contributed by atoms with van der Waals surface area (Å²) >= 11 is 7.04. The number of carbonyl (C=O) groups is 1. The summed E-state index contributed by atoms with van der Waals surface area (Å²) in [5, 5.41) is 7.14. The molecule has 0 saturated heterocycles. The van der Waals surface area contributed by atoms with Crippen LogP contribution in [-0.4, -0.2) is 16.0 Å². The van der Waals surface area contributed by atoms with Crippen LogP contribution in [0.25, 0.3) is 20.8 Å². The molecule has 2 N–H and O–H groups in total. The molecule has 0 spiro atoms. The Morgan fingerprint density at radius 1 is 0.933 bits per heavy atom. The van der Waals surface area contributed by atoms with Gasteiger partial charge in [-0.1, -0.05) is 30.3 Å². The minimum Gasteiger partial charge on any atom is -0.332 e. The first-order valence-electron chi connectivity index (χ1n) is 9.57. The molecule has 4 nitrogen and oxygen atoms in total. The molecule has 0 atom stereocenters. The van der Waals surface area contributed by atoms with Crippen molar-refractivity contribution in [2.45, 2.75) is 20.8 Å². The number of hydrogen-bond donors (Lipinski definition) is 2. The van der Waals surface area contributed by atoms with Gasteiger partial charge >= 0.3 is 0 Å². The van der Waals surface area contributed by atoms with Gasteiger partial charge < -0.3 is 5.32 Å². The highest BCUT2D eigenvalue weighted by atomic mass is 32.1. The zero-order chi connectivity index (χ0) is 21.3. The Morgan fingerprint density at radius 3 is 2.47 bits per heavy atom. The predicted octanol–water partition coefficient (Wildman–Crippen LogP) is 6.02. The van der Waals surface area contributed by atoms with Crippen molar-refractivity contribution in [3.05, 3.63) is 82.9 Å². The fourth-order valence-electron chi connectivity index (χ4n) is 3.10. The molecule has 1 amide bonds. The first kappa shape index (κ1) is 20.2. The fraction of sp³-hybridized carbons (Fsp3) is 0.125. The SMILES string of the molecule is Cc1ccc(C(=O)NC(=S)Nc2cc(-c3nc4ccccc4s3)ccc2C)cc1C. The second-order valence-electron chi connectivity index (χ2n) is 7.22. The lowest BCUT2D eigenvalue weighted by Gasteiger charge is -2.13. The van der Waals surface area contributed by atoms with Gasteiger partial charge in [0, 0.05) is 16.8 Å². The number of aryl methyl sites for hydroxylation is 3. The topological polar surface area (TPSA) is 54.0 Å². The standard InChI is InChI=1S/C24H21N3OS2/c1-14-8-10-17(12-16(14)3)22(28)27-24(29)26-20-13-18(11-9-15(20)2)23-25-19-6-4-5-7-21(19)30-23/h4-13H,1-3H3,(H2,26,27,28,29). The van der Waals surface area contributed by atoms with Crippen molar-refractivity contribution >= 4 is 50.5 Å². The van der Waals surface area contributed by atoms with Crippen LogP contribution in [0.4, 0.5) is 5.69 Å². The summed E-state index contributed by atoms with van der Waals surface area (Å²) < 4.78 is 1.15. The number of anilines is 1. The maximum Gasteiger partial charge on any atom is 0.257 e. The smallest absolute Gasteiger partial charge is 0.257 e. The lowest BCUT2D eigenvalue weighted by Crippen LogP contribution is -2.34. The zero-order valence-electron chi connectivity index (χ0n) is 16.9. The predicted molar refractivity (Wildman–Crippen MR) is 129 cm³/mol. The molecule has 3 aromatic carbocycles. The van der Waals surface area contributed by atoms with Gasteiger partial charge in [0.25, 0.3) is 5.91 Å². The summed E-state index contributed by atoms with van der Waals surface area (Å²) in [5.41, 5.74) is 6.67. The second-order valence-corrected chi connectivity index (χ2v) is 8.66. The van der Waals surface area contributed by atoms with Crippen molar-refractivity contribution in [1.29, 1.82) is 0 Å². The summed E-state index contributed by atoms with van der Waals surface area (Å²) in [7, 11) is 0. The van der Waals surface area contributed by atoms with Crippen molar-refractivity contribution in [2.24, 2.45) is 0 Å². The maximum atomic E-state index is 12.5. The molecule has 4 aromatic rings. The van der Waals surface area contributed by atoms with Crippen LogP contribution in [0.3, 0.4) is 0 Å². The number of carbonyl (C=O) groups excluding carboxylic acids is 1. The molecule has 1 aromatic heterocycles. The van der Waals surface area contributed by atoms with E-state index in [1.807, 2.05) is 63.2 Å². The molecule has 0 aliphatic carbocycles. The van der Waals surface area contributed by atoms with E-state index in [9.17, 15) is 4.79 Å². The quantitative estimate of drug-likeness (QED) is 0.390. The summed E-state index contributed by atoms with van der Waals surface area (Å²) in [5.74, 6) is -0.226. The molecule has 0 aliphatic rings. The first-order chi connectivity index (χ1) is 14.4. The zero-order valence-corrected chi connectivity index (χ0v) is 18.6. The number of hydrogen-bond acceptors (Lipinski definition) is 4. The van der Waals surface area contributed by atoms with Crippen LogP contribution in [0.5, 0.6) is 0 Å². The van der Waals surface area contributed by atoms with Gasteiger partial charge in [-0.05, 0) is 80.0 Å². The lowest BCUT2D eigenvalue weighted by atomic mass is 10.1. The summed E-state index contributed by atoms with van der Waals surface area (Å²) in [6.07, 6.45) is 0. The Morgan fingerprint density at radius 2 is 1.70 bits per heavy atom. The molecule has 1 heterocycles. The highest BCUT2D eigenvalue weighted by molar-refractivity contribution is 7.80. The monoisotopic (exact) mass is 431 g/mol. The number of nitrogens with zero attached hydrogens (tertiary/aromatic N) is 1. The Hall–Kier alpha value is -3.09. The summed E-state index contributed by atoms with van der Waals surface area (Å²) in [4.78, 5) is 17.3. The minimum absolute atomic E-state index is 0.226. The lowest BCUT2D eigenvalue weighted by molar-refractivity contribution is 0.0977. The third-order valence-electron chi connectivity index (χ3n) is 5.02. The molecular formula is C24H21N3OS2. The molecule has 0 saturated carbocycles. The van der Waals surface area contributed by atoms with Crippen LogP contribution in [0.1, 0.15) is 27.0 Å². The molecule has 150 valence electrons. The van der Waals surface area contributed by atoms with Crippen LogP contribution >= 0.6 is 23.6 Å². The van der Waals surface area contributed by atoms with E-state index in [1.165, 1.54) is 0 Å². The van der Waals surface area contributed by atoms with Gasteiger partial charge in [0.15, 0.2) is 5.11 Å². The third kappa shape index (κ3) is 4.25. The highest BCUT2D eigenvalue weighted by Gasteiger charge is 2.12. The molecule has 0 bridgehead atoms. The number of aromatic nitrogens is 1. The van der Waals surface area contributed by atoms with E-state index in [-0.39, 0.29) is 11.0 Å². The van der Waals surface area contributed by atoms with Crippen LogP contribution < -0.4 is 10.6 Å². The molecule has 0 radical (unpaired) electrons. The van der Waals surface area contributed by atoms with Gasteiger partial charge in [-0.3, -0.25) is 10.1 Å². The number of thiazole rings is 1. The Kier molecular flexibility index (Phi) is 5.61.